The normalized spacial score (nSPS) is 12.7. The Kier molecular flexibility index (Phi) is 8.57. The Morgan fingerprint density at radius 2 is 1.95 bits per heavy atom. The molecule has 0 aliphatic heterocycles. The van der Waals surface area contributed by atoms with Crippen molar-refractivity contribution in [3.05, 3.63) is 24.5 Å². The zero-order valence-electron chi connectivity index (χ0n) is 12.4. The summed E-state index contributed by atoms with van der Waals surface area (Å²) >= 11 is 0. The van der Waals surface area contributed by atoms with Gasteiger partial charge in [-0.1, -0.05) is 13.3 Å². The van der Waals surface area contributed by atoms with Crippen LogP contribution in [-0.2, 0) is 9.59 Å². The SMILES string of the molecule is CCCC(C)(N)C(=O)NCCC(=O)Nc1ccncc1.Cl. The lowest BCUT2D eigenvalue weighted by Crippen LogP contribution is -2.51. The molecule has 7 heteroatoms. The van der Waals surface area contributed by atoms with Gasteiger partial charge in [0, 0.05) is 31.0 Å². The molecule has 0 aromatic carbocycles. The van der Waals surface area contributed by atoms with E-state index in [4.69, 9.17) is 5.73 Å². The molecular weight excluding hydrogens is 292 g/mol. The highest BCUT2D eigenvalue weighted by Gasteiger charge is 2.26. The van der Waals surface area contributed by atoms with Crippen LogP contribution in [0, 0.1) is 0 Å². The Hall–Kier alpha value is -1.66. The molecule has 0 radical (unpaired) electrons. The van der Waals surface area contributed by atoms with Gasteiger partial charge < -0.3 is 16.4 Å². The summed E-state index contributed by atoms with van der Waals surface area (Å²) in [5, 5.41) is 5.41. The molecule has 21 heavy (non-hydrogen) atoms. The summed E-state index contributed by atoms with van der Waals surface area (Å²) in [5.74, 6) is -0.387. The first-order valence-electron chi connectivity index (χ1n) is 6.73. The minimum absolute atomic E-state index is 0. The smallest absolute Gasteiger partial charge is 0.239 e. The Morgan fingerprint density at radius 1 is 1.33 bits per heavy atom. The van der Waals surface area contributed by atoms with E-state index in [1.165, 1.54) is 0 Å². The van der Waals surface area contributed by atoms with Crippen molar-refractivity contribution in [2.45, 2.75) is 38.6 Å². The number of hydrogen-bond donors (Lipinski definition) is 3. The van der Waals surface area contributed by atoms with Crippen molar-refractivity contribution >= 4 is 29.9 Å². The third kappa shape index (κ3) is 7.06. The van der Waals surface area contributed by atoms with E-state index in [9.17, 15) is 9.59 Å². The fraction of sp³-hybridized carbons (Fsp3) is 0.500. The van der Waals surface area contributed by atoms with Crippen LogP contribution < -0.4 is 16.4 Å². The van der Waals surface area contributed by atoms with Crippen LogP contribution in [0.25, 0.3) is 0 Å². The molecule has 1 aromatic heterocycles. The maximum absolute atomic E-state index is 11.8. The second-order valence-corrected chi connectivity index (χ2v) is 4.96. The molecule has 0 saturated heterocycles. The minimum atomic E-state index is -0.879. The lowest BCUT2D eigenvalue weighted by Gasteiger charge is -2.22. The Bertz CT molecular complexity index is 452. The Labute approximate surface area is 131 Å². The average molecular weight is 315 g/mol. The van der Waals surface area contributed by atoms with Crippen molar-refractivity contribution in [2.24, 2.45) is 5.73 Å². The first-order valence-corrected chi connectivity index (χ1v) is 6.73. The summed E-state index contributed by atoms with van der Waals surface area (Å²) in [6, 6.07) is 3.41. The Balaban J connectivity index is 0.00000400. The van der Waals surface area contributed by atoms with Crippen LogP contribution in [0.3, 0.4) is 0 Å². The van der Waals surface area contributed by atoms with Crippen LogP contribution in [0.15, 0.2) is 24.5 Å². The molecule has 1 aromatic rings. The van der Waals surface area contributed by atoms with E-state index >= 15 is 0 Å². The molecule has 2 amide bonds. The maximum Gasteiger partial charge on any atom is 0.239 e. The topological polar surface area (TPSA) is 97.1 Å². The summed E-state index contributed by atoms with van der Waals surface area (Å²) in [7, 11) is 0. The molecule has 1 unspecified atom stereocenters. The lowest BCUT2D eigenvalue weighted by molar-refractivity contribution is -0.126. The lowest BCUT2D eigenvalue weighted by atomic mass is 9.96. The molecule has 6 nitrogen and oxygen atoms in total. The third-order valence-electron chi connectivity index (χ3n) is 2.89. The predicted octanol–water partition coefficient (Wildman–Crippen LogP) is 1.47. The molecule has 118 valence electrons. The maximum atomic E-state index is 11.8. The van der Waals surface area contributed by atoms with Crippen molar-refractivity contribution in [1.82, 2.24) is 10.3 Å². The molecule has 1 atom stereocenters. The fourth-order valence-corrected chi connectivity index (χ4v) is 1.78. The minimum Gasteiger partial charge on any atom is -0.354 e. The zero-order chi connectivity index (χ0) is 15.0. The van der Waals surface area contributed by atoms with E-state index in [-0.39, 0.29) is 37.2 Å². The van der Waals surface area contributed by atoms with E-state index < -0.39 is 5.54 Å². The largest absolute Gasteiger partial charge is 0.354 e. The number of carbonyl (C=O) groups is 2. The van der Waals surface area contributed by atoms with Gasteiger partial charge in [0.15, 0.2) is 0 Å². The quantitative estimate of drug-likeness (QED) is 0.710. The number of halogens is 1. The van der Waals surface area contributed by atoms with Crippen molar-refractivity contribution in [2.75, 3.05) is 11.9 Å². The van der Waals surface area contributed by atoms with Crippen LogP contribution in [-0.4, -0.2) is 28.9 Å². The monoisotopic (exact) mass is 314 g/mol. The highest BCUT2D eigenvalue weighted by molar-refractivity contribution is 5.91. The van der Waals surface area contributed by atoms with Gasteiger partial charge in [-0.2, -0.15) is 0 Å². The van der Waals surface area contributed by atoms with Crippen molar-refractivity contribution < 1.29 is 9.59 Å². The van der Waals surface area contributed by atoms with Crippen LogP contribution in [0.5, 0.6) is 0 Å². The molecule has 0 saturated carbocycles. The molecule has 1 heterocycles. The first-order chi connectivity index (χ1) is 9.45. The summed E-state index contributed by atoms with van der Waals surface area (Å²) < 4.78 is 0. The van der Waals surface area contributed by atoms with Gasteiger partial charge >= 0.3 is 0 Å². The van der Waals surface area contributed by atoms with Gasteiger partial charge in [-0.3, -0.25) is 14.6 Å². The van der Waals surface area contributed by atoms with E-state index in [2.05, 4.69) is 15.6 Å². The van der Waals surface area contributed by atoms with Gasteiger partial charge in [0.05, 0.1) is 5.54 Å². The summed E-state index contributed by atoms with van der Waals surface area (Å²) in [4.78, 5) is 27.3. The molecular formula is C14H23ClN4O2. The molecule has 0 fully saturated rings. The van der Waals surface area contributed by atoms with E-state index in [1.54, 1.807) is 31.5 Å². The number of hydrogen-bond acceptors (Lipinski definition) is 4. The van der Waals surface area contributed by atoms with Gasteiger partial charge in [0.25, 0.3) is 0 Å². The molecule has 1 rings (SSSR count). The number of nitrogens with two attached hydrogens (primary N) is 1. The number of nitrogens with zero attached hydrogens (tertiary/aromatic N) is 1. The van der Waals surface area contributed by atoms with Crippen molar-refractivity contribution in [3.63, 3.8) is 0 Å². The molecule has 0 aliphatic carbocycles. The van der Waals surface area contributed by atoms with Gasteiger partial charge in [-0.25, -0.2) is 0 Å². The number of amides is 2. The number of pyridine rings is 1. The Morgan fingerprint density at radius 3 is 2.52 bits per heavy atom. The number of aromatic nitrogens is 1. The number of nitrogens with one attached hydrogen (secondary N) is 2. The third-order valence-corrected chi connectivity index (χ3v) is 2.89. The average Bonchev–Trinajstić information content (AvgIpc) is 2.39. The molecule has 0 aliphatic rings. The standard InChI is InChI=1S/C14H22N4O2.ClH/c1-3-7-14(2,15)13(20)17-10-6-12(19)18-11-4-8-16-9-5-11;/h4-5,8-9H,3,6-7,10,15H2,1-2H3,(H,17,20)(H,16,18,19);1H. The highest BCUT2D eigenvalue weighted by atomic mass is 35.5. The summed E-state index contributed by atoms with van der Waals surface area (Å²) in [6.07, 6.45) is 4.85. The number of carbonyl (C=O) groups excluding carboxylic acids is 2. The van der Waals surface area contributed by atoms with Crippen LogP contribution in [0.4, 0.5) is 5.69 Å². The summed E-state index contributed by atoms with van der Waals surface area (Å²) in [6.45, 7) is 3.94. The zero-order valence-corrected chi connectivity index (χ0v) is 13.2. The predicted molar refractivity (Wildman–Crippen MR) is 85.2 cm³/mol. The van der Waals surface area contributed by atoms with Gasteiger partial charge in [-0.05, 0) is 25.5 Å². The number of anilines is 1. The highest BCUT2D eigenvalue weighted by Crippen LogP contribution is 2.08. The van der Waals surface area contributed by atoms with Gasteiger partial charge in [0.2, 0.25) is 11.8 Å². The van der Waals surface area contributed by atoms with Crippen LogP contribution in [0.2, 0.25) is 0 Å². The van der Waals surface area contributed by atoms with E-state index in [0.29, 0.717) is 12.1 Å². The van der Waals surface area contributed by atoms with Crippen molar-refractivity contribution in [1.29, 1.82) is 0 Å². The van der Waals surface area contributed by atoms with Crippen LogP contribution in [0.1, 0.15) is 33.1 Å². The van der Waals surface area contributed by atoms with Crippen LogP contribution >= 0.6 is 12.4 Å². The van der Waals surface area contributed by atoms with Crippen molar-refractivity contribution in [3.8, 4) is 0 Å². The van der Waals surface area contributed by atoms with E-state index in [1.807, 2.05) is 6.92 Å². The summed E-state index contributed by atoms with van der Waals surface area (Å²) in [5.41, 5.74) is 5.70. The first kappa shape index (κ1) is 19.3. The second-order valence-electron chi connectivity index (χ2n) is 4.96. The van der Waals surface area contributed by atoms with Gasteiger partial charge in [-0.15, -0.1) is 12.4 Å². The second kappa shape index (κ2) is 9.31. The molecule has 0 spiro atoms. The van der Waals surface area contributed by atoms with E-state index in [0.717, 1.165) is 6.42 Å². The van der Waals surface area contributed by atoms with Gasteiger partial charge in [0.1, 0.15) is 0 Å². The molecule has 4 N–H and O–H groups in total. The fourth-order valence-electron chi connectivity index (χ4n) is 1.78. The number of rotatable bonds is 7. The molecule has 0 bridgehead atoms.